The van der Waals surface area contributed by atoms with Crippen LogP contribution in [0.15, 0.2) is 53.5 Å². The van der Waals surface area contributed by atoms with Crippen molar-refractivity contribution in [3.05, 3.63) is 65.5 Å². The first-order valence-corrected chi connectivity index (χ1v) is 8.59. The first-order chi connectivity index (χ1) is 13.0. The van der Waals surface area contributed by atoms with E-state index in [1.165, 1.54) is 11.0 Å². The van der Waals surface area contributed by atoms with Gasteiger partial charge in [0.05, 0.1) is 0 Å². The zero-order valence-corrected chi connectivity index (χ0v) is 15.8. The van der Waals surface area contributed by atoms with Crippen molar-refractivity contribution in [1.29, 1.82) is 0 Å². The van der Waals surface area contributed by atoms with Gasteiger partial charge in [0.2, 0.25) is 0 Å². The summed E-state index contributed by atoms with van der Waals surface area (Å²) in [6.07, 6.45) is 0. The number of aliphatic imine (C=N–C) groups is 1. The fourth-order valence-electron chi connectivity index (χ4n) is 2.25. The van der Waals surface area contributed by atoms with Crippen LogP contribution in [0.5, 0.6) is 5.75 Å². The van der Waals surface area contributed by atoms with Gasteiger partial charge in [-0.25, -0.2) is 4.39 Å². The number of hydrogen-bond donors (Lipinski definition) is 2. The molecular weight excluding hydrogens is 347 g/mol. The highest BCUT2D eigenvalue weighted by atomic mass is 19.1. The van der Waals surface area contributed by atoms with Gasteiger partial charge in [-0.05, 0) is 23.8 Å². The van der Waals surface area contributed by atoms with Crippen molar-refractivity contribution in [2.45, 2.75) is 13.1 Å². The van der Waals surface area contributed by atoms with Gasteiger partial charge in [0.15, 0.2) is 12.6 Å². The van der Waals surface area contributed by atoms with Crippen molar-refractivity contribution in [1.82, 2.24) is 15.5 Å². The van der Waals surface area contributed by atoms with Crippen LogP contribution in [-0.4, -0.2) is 44.5 Å². The van der Waals surface area contributed by atoms with E-state index in [4.69, 9.17) is 4.74 Å². The number of amides is 1. The molecule has 2 rings (SSSR count). The minimum absolute atomic E-state index is 0.00422. The topological polar surface area (TPSA) is 66.0 Å². The molecule has 0 aliphatic carbocycles. The molecule has 0 saturated carbocycles. The summed E-state index contributed by atoms with van der Waals surface area (Å²) in [5.74, 6) is 0.833. The van der Waals surface area contributed by atoms with E-state index in [1.54, 1.807) is 45.4 Å². The summed E-state index contributed by atoms with van der Waals surface area (Å²) in [5, 5.41) is 6.25. The molecule has 0 unspecified atom stereocenters. The van der Waals surface area contributed by atoms with Gasteiger partial charge in [-0.3, -0.25) is 9.79 Å². The Hall–Kier alpha value is -3.09. The van der Waals surface area contributed by atoms with Gasteiger partial charge in [0, 0.05) is 39.8 Å². The lowest BCUT2D eigenvalue weighted by molar-refractivity contribution is -0.130. The Morgan fingerprint density at radius 2 is 1.85 bits per heavy atom. The number of carbonyl (C=O) groups is 1. The molecule has 1 amide bonds. The van der Waals surface area contributed by atoms with Crippen LogP contribution in [0.4, 0.5) is 4.39 Å². The fourth-order valence-corrected chi connectivity index (χ4v) is 2.25. The molecule has 6 nitrogen and oxygen atoms in total. The second-order valence-electron chi connectivity index (χ2n) is 6.09. The normalized spacial score (nSPS) is 11.0. The van der Waals surface area contributed by atoms with Crippen LogP contribution in [0.2, 0.25) is 0 Å². The first-order valence-electron chi connectivity index (χ1n) is 8.59. The van der Waals surface area contributed by atoms with E-state index in [-0.39, 0.29) is 18.3 Å². The number of guanidine groups is 1. The van der Waals surface area contributed by atoms with Gasteiger partial charge in [0.25, 0.3) is 5.91 Å². The summed E-state index contributed by atoms with van der Waals surface area (Å²) in [7, 11) is 5.03. The quantitative estimate of drug-likeness (QED) is 0.577. The monoisotopic (exact) mass is 372 g/mol. The predicted molar refractivity (Wildman–Crippen MR) is 104 cm³/mol. The van der Waals surface area contributed by atoms with Gasteiger partial charge in [-0.2, -0.15) is 0 Å². The van der Waals surface area contributed by atoms with Gasteiger partial charge >= 0.3 is 0 Å². The third kappa shape index (κ3) is 6.62. The second-order valence-corrected chi connectivity index (χ2v) is 6.09. The number of nitrogens with one attached hydrogen (secondary N) is 2. The lowest BCUT2D eigenvalue weighted by Crippen LogP contribution is -2.36. The predicted octanol–water partition coefficient (Wildman–Crippen LogP) is 2.16. The molecular formula is C20H25FN4O2. The summed E-state index contributed by atoms with van der Waals surface area (Å²) >= 11 is 0. The molecule has 0 atom stereocenters. The molecule has 0 fully saturated rings. The third-order valence-corrected chi connectivity index (χ3v) is 3.85. The average Bonchev–Trinajstić information content (AvgIpc) is 2.67. The summed E-state index contributed by atoms with van der Waals surface area (Å²) in [6.45, 7) is 0.841. The lowest BCUT2D eigenvalue weighted by atomic mass is 10.2. The Bertz CT molecular complexity index is 793. The van der Waals surface area contributed by atoms with Crippen LogP contribution in [0.3, 0.4) is 0 Å². The molecule has 2 aromatic rings. The van der Waals surface area contributed by atoms with E-state index in [9.17, 15) is 9.18 Å². The number of benzene rings is 2. The number of ether oxygens (including phenoxy) is 1. The molecule has 0 aliphatic rings. The highest BCUT2D eigenvalue weighted by Gasteiger charge is 2.06. The zero-order valence-electron chi connectivity index (χ0n) is 15.8. The minimum atomic E-state index is -0.252. The lowest BCUT2D eigenvalue weighted by Gasteiger charge is -2.14. The van der Waals surface area contributed by atoms with Crippen LogP contribution < -0.4 is 15.4 Å². The summed E-state index contributed by atoms with van der Waals surface area (Å²) < 4.78 is 19.2. The van der Waals surface area contributed by atoms with Crippen LogP contribution >= 0.6 is 0 Å². The van der Waals surface area contributed by atoms with Gasteiger partial charge in [-0.1, -0.05) is 30.3 Å². The molecule has 0 aromatic heterocycles. The molecule has 27 heavy (non-hydrogen) atoms. The largest absolute Gasteiger partial charge is 0.484 e. The number of halogens is 1. The molecule has 2 N–H and O–H groups in total. The van der Waals surface area contributed by atoms with Crippen molar-refractivity contribution in [3.8, 4) is 5.75 Å². The number of likely N-dealkylation sites (N-methyl/N-ethyl adjacent to an activating group) is 1. The van der Waals surface area contributed by atoms with Crippen molar-refractivity contribution in [2.24, 2.45) is 4.99 Å². The van der Waals surface area contributed by atoms with E-state index >= 15 is 0 Å². The number of carbonyl (C=O) groups excluding carboxylic acids is 1. The molecule has 0 bridgehead atoms. The molecule has 0 heterocycles. The van der Waals surface area contributed by atoms with Gasteiger partial charge in [-0.15, -0.1) is 0 Å². The fraction of sp³-hybridized carbons (Fsp3) is 0.300. The number of rotatable bonds is 7. The second kappa shape index (κ2) is 10.2. The van der Waals surface area contributed by atoms with Gasteiger partial charge in [0.1, 0.15) is 11.6 Å². The smallest absolute Gasteiger partial charge is 0.259 e. The molecule has 7 heteroatoms. The van der Waals surface area contributed by atoms with E-state index in [0.717, 1.165) is 5.56 Å². The highest BCUT2D eigenvalue weighted by Crippen LogP contribution is 2.13. The Balaban J connectivity index is 1.86. The molecule has 2 aromatic carbocycles. The number of hydrogen-bond acceptors (Lipinski definition) is 3. The first kappa shape index (κ1) is 20.2. The molecule has 144 valence electrons. The summed E-state index contributed by atoms with van der Waals surface area (Å²) in [4.78, 5) is 17.2. The molecule has 0 spiro atoms. The molecule has 0 radical (unpaired) electrons. The zero-order chi connectivity index (χ0) is 19.6. The third-order valence-electron chi connectivity index (χ3n) is 3.85. The maximum atomic E-state index is 13.7. The van der Waals surface area contributed by atoms with E-state index in [2.05, 4.69) is 15.6 Å². The Labute approximate surface area is 159 Å². The van der Waals surface area contributed by atoms with Gasteiger partial charge < -0.3 is 20.3 Å². The Kier molecular flexibility index (Phi) is 7.61. The van der Waals surface area contributed by atoms with Crippen LogP contribution in [-0.2, 0) is 17.9 Å². The van der Waals surface area contributed by atoms with E-state index in [1.807, 2.05) is 18.2 Å². The van der Waals surface area contributed by atoms with Crippen LogP contribution in [0, 0.1) is 5.82 Å². The van der Waals surface area contributed by atoms with E-state index < -0.39 is 0 Å². The maximum Gasteiger partial charge on any atom is 0.259 e. The van der Waals surface area contributed by atoms with Crippen molar-refractivity contribution in [3.63, 3.8) is 0 Å². The standard InChI is InChI=1S/C20H25FN4O2/c1-22-20(24-13-16-8-4-5-10-18(16)21)23-12-15-7-6-9-17(11-15)27-14-19(26)25(2)3/h4-11H,12-14H2,1-3H3,(H2,22,23,24). The minimum Gasteiger partial charge on any atom is -0.484 e. The Morgan fingerprint density at radius 3 is 2.56 bits per heavy atom. The van der Waals surface area contributed by atoms with Crippen molar-refractivity contribution < 1.29 is 13.9 Å². The highest BCUT2D eigenvalue weighted by molar-refractivity contribution is 5.79. The van der Waals surface area contributed by atoms with Crippen molar-refractivity contribution in [2.75, 3.05) is 27.7 Å². The molecule has 0 saturated heterocycles. The van der Waals surface area contributed by atoms with Crippen molar-refractivity contribution >= 4 is 11.9 Å². The SMILES string of the molecule is CN=C(NCc1cccc(OCC(=O)N(C)C)c1)NCc1ccccc1F. The van der Waals surface area contributed by atoms with Crippen LogP contribution in [0.1, 0.15) is 11.1 Å². The summed E-state index contributed by atoms with van der Waals surface area (Å²) in [6, 6.07) is 14.1. The van der Waals surface area contributed by atoms with E-state index in [0.29, 0.717) is 30.4 Å². The van der Waals surface area contributed by atoms with Crippen LogP contribution in [0.25, 0.3) is 0 Å². The maximum absolute atomic E-state index is 13.7. The number of nitrogens with zero attached hydrogens (tertiary/aromatic N) is 2. The Morgan fingerprint density at radius 1 is 1.11 bits per heavy atom. The average molecular weight is 372 g/mol. The molecule has 0 aliphatic heterocycles. The summed E-state index contributed by atoms with van der Waals surface area (Å²) in [5.41, 5.74) is 1.54.